The van der Waals surface area contributed by atoms with Crippen LogP contribution in [0.3, 0.4) is 0 Å². The van der Waals surface area contributed by atoms with Crippen LogP contribution >= 0.6 is 0 Å². The predicted octanol–water partition coefficient (Wildman–Crippen LogP) is 1.35. The molecule has 1 aliphatic rings. The van der Waals surface area contributed by atoms with E-state index in [9.17, 15) is 8.42 Å². The standard InChI is InChI=1S/C15H22N2O3S/c18-21(19,13-8-14-4-2-1-3-5-14)17-11-12-20-15-6-9-16-10-7-15/h1-5,8,13,15-17H,6-7,9-12H2. The molecule has 116 valence electrons. The van der Waals surface area contributed by atoms with Crippen LogP contribution in [0.5, 0.6) is 0 Å². The molecule has 0 saturated carbocycles. The van der Waals surface area contributed by atoms with Gasteiger partial charge in [-0.15, -0.1) is 0 Å². The first-order chi connectivity index (χ1) is 10.2. The van der Waals surface area contributed by atoms with E-state index in [2.05, 4.69) is 10.0 Å². The lowest BCUT2D eigenvalue weighted by Gasteiger charge is -2.22. The summed E-state index contributed by atoms with van der Waals surface area (Å²) in [6.07, 6.45) is 3.80. The topological polar surface area (TPSA) is 67.4 Å². The Morgan fingerprint density at radius 3 is 2.67 bits per heavy atom. The molecule has 1 aromatic carbocycles. The molecule has 0 atom stereocenters. The van der Waals surface area contributed by atoms with Gasteiger partial charge in [-0.2, -0.15) is 0 Å². The molecule has 5 nitrogen and oxygen atoms in total. The first-order valence-corrected chi connectivity index (χ1v) is 8.75. The van der Waals surface area contributed by atoms with Crippen molar-refractivity contribution in [2.24, 2.45) is 0 Å². The van der Waals surface area contributed by atoms with Crippen molar-refractivity contribution < 1.29 is 13.2 Å². The molecule has 1 aromatic rings. The Kier molecular flexibility index (Phi) is 6.38. The van der Waals surface area contributed by atoms with Gasteiger partial charge in [-0.25, -0.2) is 13.1 Å². The molecule has 0 aliphatic carbocycles. The monoisotopic (exact) mass is 310 g/mol. The van der Waals surface area contributed by atoms with Gasteiger partial charge in [0.1, 0.15) is 0 Å². The highest BCUT2D eigenvalue weighted by molar-refractivity contribution is 7.92. The Labute approximate surface area is 126 Å². The fraction of sp³-hybridized carbons (Fsp3) is 0.467. The van der Waals surface area contributed by atoms with E-state index in [4.69, 9.17) is 4.74 Å². The van der Waals surface area contributed by atoms with Crippen molar-refractivity contribution in [3.63, 3.8) is 0 Å². The molecule has 1 saturated heterocycles. The average Bonchev–Trinajstić information content (AvgIpc) is 2.52. The van der Waals surface area contributed by atoms with Crippen LogP contribution in [0.2, 0.25) is 0 Å². The Balaban J connectivity index is 1.70. The zero-order chi connectivity index (χ0) is 15.0. The zero-order valence-corrected chi connectivity index (χ0v) is 12.8. The van der Waals surface area contributed by atoms with E-state index < -0.39 is 10.0 Å². The number of piperidine rings is 1. The quantitative estimate of drug-likeness (QED) is 0.746. The lowest BCUT2D eigenvalue weighted by Crippen LogP contribution is -2.34. The molecule has 0 aromatic heterocycles. The largest absolute Gasteiger partial charge is 0.377 e. The van der Waals surface area contributed by atoms with Gasteiger partial charge < -0.3 is 10.1 Å². The van der Waals surface area contributed by atoms with Crippen molar-refractivity contribution in [2.75, 3.05) is 26.2 Å². The molecule has 0 bridgehead atoms. The highest BCUT2D eigenvalue weighted by atomic mass is 32.2. The molecule has 0 amide bonds. The van der Waals surface area contributed by atoms with Crippen molar-refractivity contribution in [3.8, 4) is 0 Å². The van der Waals surface area contributed by atoms with Crippen LogP contribution in [0.15, 0.2) is 35.7 Å². The van der Waals surface area contributed by atoms with Crippen molar-refractivity contribution >= 4 is 16.1 Å². The van der Waals surface area contributed by atoms with Crippen LogP contribution in [-0.2, 0) is 14.8 Å². The van der Waals surface area contributed by atoms with Gasteiger partial charge in [0, 0.05) is 12.0 Å². The summed E-state index contributed by atoms with van der Waals surface area (Å²) in [5.74, 6) is 0. The Morgan fingerprint density at radius 1 is 1.24 bits per heavy atom. The van der Waals surface area contributed by atoms with Crippen LogP contribution in [-0.4, -0.2) is 40.8 Å². The highest BCUT2D eigenvalue weighted by Gasteiger charge is 2.13. The summed E-state index contributed by atoms with van der Waals surface area (Å²) in [7, 11) is -3.41. The second kappa shape index (κ2) is 8.29. The van der Waals surface area contributed by atoms with Crippen molar-refractivity contribution in [3.05, 3.63) is 41.3 Å². The van der Waals surface area contributed by atoms with Gasteiger partial charge in [0.15, 0.2) is 0 Å². The maximum atomic E-state index is 11.8. The third kappa shape index (κ3) is 6.39. The van der Waals surface area contributed by atoms with Gasteiger partial charge in [0.2, 0.25) is 10.0 Å². The van der Waals surface area contributed by atoms with E-state index in [0.717, 1.165) is 31.5 Å². The third-order valence-electron chi connectivity index (χ3n) is 3.28. The molecule has 0 unspecified atom stereocenters. The van der Waals surface area contributed by atoms with E-state index in [1.165, 1.54) is 5.41 Å². The number of hydrogen-bond donors (Lipinski definition) is 2. The lowest BCUT2D eigenvalue weighted by atomic mass is 10.1. The molecule has 0 spiro atoms. The first-order valence-electron chi connectivity index (χ1n) is 7.21. The number of benzene rings is 1. The van der Waals surface area contributed by atoms with Gasteiger partial charge in [0.05, 0.1) is 12.7 Å². The number of rotatable bonds is 7. The number of sulfonamides is 1. The highest BCUT2D eigenvalue weighted by Crippen LogP contribution is 2.06. The molecule has 1 aliphatic heterocycles. The molecule has 2 rings (SSSR count). The van der Waals surface area contributed by atoms with E-state index in [-0.39, 0.29) is 6.10 Å². The minimum absolute atomic E-state index is 0.246. The average molecular weight is 310 g/mol. The van der Waals surface area contributed by atoms with Crippen LogP contribution in [0.25, 0.3) is 6.08 Å². The summed E-state index contributed by atoms with van der Waals surface area (Å²) < 4.78 is 31.7. The van der Waals surface area contributed by atoms with Gasteiger partial charge in [-0.05, 0) is 37.6 Å². The Bertz CT molecular complexity index is 537. The molecule has 6 heteroatoms. The van der Waals surface area contributed by atoms with E-state index in [1.54, 1.807) is 6.08 Å². The maximum absolute atomic E-state index is 11.8. The van der Waals surface area contributed by atoms with Gasteiger partial charge in [-0.3, -0.25) is 0 Å². The van der Waals surface area contributed by atoms with Crippen molar-refractivity contribution in [2.45, 2.75) is 18.9 Å². The molecule has 2 N–H and O–H groups in total. The SMILES string of the molecule is O=S(=O)(C=Cc1ccccc1)NCCOC1CCNCC1. The molecular formula is C15H22N2O3S. The van der Waals surface area contributed by atoms with Crippen molar-refractivity contribution in [1.29, 1.82) is 0 Å². The minimum Gasteiger partial charge on any atom is -0.377 e. The summed E-state index contributed by atoms with van der Waals surface area (Å²) in [6.45, 7) is 2.64. The van der Waals surface area contributed by atoms with Gasteiger partial charge >= 0.3 is 0 Å². The fourth-order valence-corrected chi connectivity index (χ4v) is 2.95. The molecular weight excluding hydrogens is 288 g/mol. The maximum Gasteiger partial charge on any atom is 0.233 e. The summed E-state index contributed by atoms with van der Waals surface area (Å²) in [6, 6.07) is 9.33. The van der Waals surface area contributed by atoms with E-state index in [1.807, 2.05) is 30.3 Å². The number of ether oxygens (including phenoxy) is 1. The van der Waals surface area contributed by atoms with E-state index >= 15 is 0 Å². The van der Waals surface area contributed by atoms with Gasteiger partial charge in [-0.1, -0.05) is 30.3 Å². The summed E-state index contributed by atoms with van der Waals surface area (Å²) >= 11 is 0. The summed E-state index contributed by atoms with van der Waals surface area (Å²) in [5, 5.41) is 4.45. The fourth-order valence-electron chi connectivity index (χ4n) is 2.15. The number of hydrogen-bond acceptors (Lipinski definition) is 4. The normalized spacial score (nSPS) is 17.3. The third-order valence-corrected chi connectivity index (χ3v) is 4.39. The Morgan fingerprint density at radius 2 is 1.95 bits per heavy atom. The molecule has 21 heavy (non-hydrogen) atoms. The first kappa shape index (κ1) is 16.2. The number of nitrogens with one attached hydrogen (secondary N) is 2. The summed E-state index contributed by atoms with van der Waals surface area (Å²) in [5.41, 5.74) is 0.855. The predicted molar refractivity (Wildman–Crippen MR) is 84.2 cm³/mol. The smallest absolute Gasteiger partial charge is 0.233 e. The van der Waals surface area contributed by atoms with Gasteiger partial charge in [0.25, 0.3) is 0 Å². The van der Waals surface area contributed by atoms with Crippen LogP contribution in [0, 0.1) is 0 Å². The van der Waals surface area contributed by atoms with Crippen LogP contribution < -0.4 is 10.0 Å². The molecule has 1 heterocycles. The second-order valence-corrected chi connectivity index (χ2v) is 6.62. The second-order valence-electron chi connectivity index (χ2n) is 4.97. The lowest BCUT2D eigenvalue weighted by molar-refractivity contribution is 0.0367. The van der Waals surface area contributed by atoms with E-state index in [0.29, 0.717) is 13.2 Å². The zero-order valence-electron chi connectivity index (χ0n) is 12.0. The summed E-state index contributed by atoms with van der Waals surface area (Å²) in [4.78, 5) is 0. The molecule has 0 radical (unpaired) electrons. The molecule has 1 fully saturated rings. The minimum atomic E-state index is -3.41. The van der Waals surface area contributed by atoms with Crippen LogP contribution in [0.4, 0.5) is 0 Å². The van der Waals surface area contributed by atoms with Crippen LogP contribution in [0.1, 0.15) is 18.4 Å². The Hall–Kier alpha value is -1.21. The van der Waals surface area contributed by atoms with Crippen molar-refractivity contribution in [1.82, 2.24) is 10.0 Å².